The quantitative estimate of drug-likeness (QED) is 0.601. The maximum atomic E-state index is 12.5. The summed E-state index contributed by atoms with van der Waals surface area (Å²) in [6.07, 6.45) is 3.74. The van der Waals surface area contributed by atoms with E-state index in [9.17, 15) is 10.1 Å². The molecule has 1 aliphatic heterocycles. The lowest BCUT2D eigenvalue weighted by Crippen LogP contribution is -2.49. The van der Waals surface area contributed by atoms with Gasteiger partial charge in [0, 0.05) is 0 Å². The molecular weight excluding hydrogens is 408 g/mol. The first-order chi connectivity index (χ1) is 14.9. The Labute approximate surface area is 189 Å². The second-order valence-corrected chi connectivity index (χ2v) is 9.56. The van der Waals surface area contributed by atoms with Crippen molar-refractivity contribution in [2.45, 2.75) is 63.8 Å². The molecule has 0 spiro atoms. The maximum Gasteiger partial charge on any atom is 0.231 e. The van der Waals surface area contributed by atoms with Crippen LogP contribution in [-0.2, 0) is 17.9 Å². The Bertz CT molecular complexity index is 901. The van der Waals surface area contributed by atoms with E-state index in [1.54, 1.807) is 6.92 Å². The van der Waals surface area contributed by atoms with Crippen LogP contribution in [0.4, 0.5) is 0 Å². The highest BCUT2D eigenvalue weighted by atomic mass is 32.2. The Morgan fingerprint density at radius 3 is 2.55 bits per heavy atom. The van der Waals surface area contributed by atoms with Gasteiger partial charge in [0.2, 0.25) is 5.91 Å². The smallest absolute Gasteiger partial charge is 0.231 e. The van der Waals surface area contributed by atoms with Crippen LogP contribution in [0.1, 0.15) is 51.4 Å². The van der Waals surface area contributed by atoms with Gasteiger partial charge >= 0.3 is 0 Å². The first kappa shape index (κ1) is 23.3. The van der Waals surface area contributed by atoms with Crippen LogP contribution in [-0.4, -0.2) is 50.0 Å². The molecule has 0 bridgehead atoms. The average Bonchev–Trinajstić information content (AvgIpc) is 3.14. The van der Waals surface area contributed by atoms with Gasteiger partial charge in [0.05, 0.1) is 24.9 Å². The minimum atomic E-state index is -0.880. The van der Waals surface area contributed by atoms with Crippen LogP contribution in [0.3, 0.4) is 0 Å². The third-order valence-electron chi connectivity index (χ3n) is 5.91. The van der Waals surface area contributed by atoms with Crippen molar-refractivity contribution in [1.29, 1.82) is 5.26 Å². The van der Waals surface area contributed by atoms with Gasteiger partial charge in [-0.25, -0.2) is 0 Å². The molecule has 1 aromatic carbocycles. The first-order valence-corrected chi connectivity index (χ1v) is 11.9. The molecule has 1 saturated heterocycles. The number of aromatic nitrogens is 3. The summed E-state index contributed by atoms with van der Waals surface area (Å²) in [5.41, 5.74) is 0.291. The second kappa shape index (κ2) is 10.8. The van der Waals surface area contributed by atoms with E-state index in [0.717, 1.165) is 30.6 Å². The minimum Gasteiger partial charge on any atom is -0.337 e. The van der Waals surface area contributed by atoms with Crippen LogP contribution in [0.2, 0.25) is 0 Å². The number of nitrogens with zero attached hydrogens (tertiary/aromatic N) is 5. The third kappa shape index (κ3) is 6.31. The van der Waals surface area contributed by atoms with Gasteiger partial charge in [-0.3, -0.25) is 9.69 Å². The molecule has 1 unspecified atom stereocenters. The van der Waals surface area contributed by atoms with Gasteiger partial charge in [0.15, 0.2) is 5.16 Å². The average molecular weight is 441 g/mol. The summed E-state index contributed by atoms with van der Waals surface area (Å²) in [7, 11) is 0. The number of thioether (sulfide) groups is 1. The van der Waals surface area contributed by atoms with E-state index >= 15 is 0 Å². The Balaban J connectivity index is 1.72. The van der Waals surface area contributed by atoms with Gasteiger partial charge in [0.25, 0.3) is 0 Å². The zero-order valence-electron chi connectivity index (χ0n) is 18.7. The number of piperidine rings is 1. The van der Waals surface area contributed by atoms with E-state index in [1.165, 1.54) is 36.6 Å². The van der Waals surface area contributed by atoms with Crippen molar-refractivity contribution >= 4 is 17.7 Å². The van der Waals surface area contributed by atoms with E-state index in [4.69, 9.17) is 0 Å². The van der Waals surface area contributed by atoms with Crippen LogP contribution in [0, 0.1) is 17.2 Å². The maximum absolute atomic E-state index is 12.5. The molecule has 1 atom stereocenters. The lowest BCUT2D eigenvalue weighted by Gasteiger charge is -2.27. The number of benzene rings is 1. The largest absolute Gasteiger partial charge is 0.337 e. The molecule has 2 heterocycles. The van der Waals surface area contributed by atoms with Crippen LogP contribution in [0.5, 0.6) is 0 Å². The van der Waals surface area contributed by atoms with Crippen molar-refractivity contribution in [1.82, 2.24) is 25.0 Å². The van der Waals surface area contributed by atoms with Gasteiger partial charge in [-0.05, 0) is 44.3 Å². The molecule has 1 aromatic heterocycles. The van der Waals surface area contributed by atoms with Crippen molar-refractivity contribution < 1.29 is 4.79 Å². The van der Waals surface area contributed by atoms with E-state index in [0.29, 0.717) is 6.54 Å². The number of nitriles is 1. The predicted octanol–water partition coefficient (Wildman–Crippen LogP) is 3.46. The molecule has 0 saturated carbocycles. The highest BCUT2D eigenvalue weighted by molar-refractivity contribution is 7.99. The van der Waals surface area contributed by atoms with Crippen LogP contribution >= 0.6 is 11.8 Å². The van der Waals surface area contributed by atoms with Crippen molar-refractivity contribution in [3.8, 4) is 6.07 Å². The standard InChI is InChI=1S/C23H32N6OS/c1-18(2)23(3,17-24)25-21(30)16-31-22-27-26-20(15-28-12-8-5-9-13-28)29(22)14-19-10-6-4-7-11-19/h4,6-7,10-11,18H,5,8-9,12-16H2,1-3H3,(H,25,30). The number of nitrogens with one attached hydrogen (secondary N) is 1. The van der Waals surface area contributed by atoms with E-state index in [2.05, 4.69) is 43.2 Å². The SMILES string of the molecule is CC(C)C(C)(C#N)NC(=O)CSc1nnc(CN2CCCCC2)n1Cc1ccccc1. The van der Waals surface area contributed by atoms with E-state index < -0.39 is 5.54 Å². The Hall–Kier alpha value is -2.37. The molecule has 1 aliphatic rings. The summed E-state index contributed by atoms with van der Waals surface area (Å²) < 4.78 is 2.12. The molecule has 8 heteroatoms. The second-order valence-electron chi connectivity index (χ2n) is 8.61. The van der Waals surface area contributed by atoms with Crippen LogP contribution < -0.4 is 5.32 Å². The number of hydrogen-bond acceptors (Lipinski definition) is 6. The summed E-state index contributed by atoms with van der Waals surface area (Å²) in [4.78, 5) is 15.0. The van der Waals surface area contributed by atoms with Gasteiger partial charge < -0.3 is 9.88 Å². The molecule has 3 rings (SSSR count). The summed E-state index contributed by atoms with van der Waals surface area (Å²) >= 11 is 1.37. The lowest BCUT2D eigenvalue weighted by atomic mass is 9.90. The highest BCUT2D eigenvalue weighted by Crippen LogP contribution is 2.22. The van der Waals surface area contributed by atoms with Crippen LogP contribution in [0.25, 0.3) is 0 Å². The fourth-order valence-corrected chi connectivity index (χ4v) is 4.30. The van der Waals surface area contributed by atoms with E-state index in [1.807, 2.05) is 32.0 Å². The summed E-state index contributed by atoms with van der Waals surface area (Å²) in [5.74, 6) is 0.970. The van der Waals surface area contributed by atoms with Gasteiger partial charge in [-0.2, -0.15) is 5.26 Å². The van der Waals surface area contributed by atoms with Crippen molar-refractivity contribution in [3.05, 3.63) is 41.7 Å². The minimum absolute atomic E-state index is 0.0179. The molecule has 166 valence electrons. The number of carbonyl (C=O) groups excluding carboxylic acids is 1. The topological polar surface area (TPSA) is 86.8 Å². The first-order valence-electron chi connectivity index (χ1n) is 10.9. The zero-order valence-corrected chi connectivity index (χ0v) is 19.5. The lowest BCUT2D eigenvalue weighted by molar-refractivity contribution is -0.120. The van der Waals surface area contributed by atoms with Crippen molar-refractivity contribution in [3.63, 3.8) is 0 Å². The number of rotatable bonds is 9. The summed E-state index contributed by atoms with van der Waals surface area (Å²) in [6.45, 7) is 9.24. The number of likely N-dealkylation sites (tertiary alicyclic amines) is 1. The summed E-state index contributed by atoms with van der Waals surface area (Å²) in [5, 5.41) is 21.9. The predicted molar refractivity (Wildman–Crippen MR) is 122 cm³/mol. The van der Waals surface area contributed by atoms with Crippen LogP contribution in [0.15, 0.2) is 35.5 Å². The molecule has 0 radical (unpaired) electrons. The molecule has 1 fully saturated rings. The normalized spacial score (nSPS) is 16.6. The molecule has 0 aliphatic carbocycles. The fraction of sp³-hybridized carbons (Fsp3) is 0.565. The number of hydrogen-bond donors (Lipinski definition) is 1. The zero-order chi connectivity index (χ0) is 22.3. The third-order valence-corrected chi connectivity index (χ3v) is 6.88. The van der Waals surface area contributed by atoms with Crippen molar-refractivity contribution in [2.75, 3.05) is 18.8 Å². The van der Waals surface area contributed by atoms with Crippen molar-refractivity contribution in [2.24, 2.45) is 5.92 Å². The fourth-order valence-electron chi connectivity index (χ4n) is 3.54. The Morgan fingerprint density at radius 1 is 1.19 bits per heavy atom. The molecule has 1 amide bonds. The Kier molecular flexibility index (Phi) is 8.10. The molecule has 2 aromatic rings. The number of amides is 1. The molecule has 7 nitrogen and oxygen atoms in total. The summed E-state index contributed by atoms with van der Waals surface area (Å²) in [6, 6.07) is 12.5. The Morgan fingerprint density at radius 2 is 1.90 bits per heavy atom. The highest BCUT2D eigenvalue weighted by Gasteiger charge is 2.30. The monoisotopic (exact) mass is 440 g/mol. The van der Waals surface area contributed by atoms with Gasteiger partial charge in [0.1, 0.15) is 11.4 Å². The molecule has 31 heavy (non-hydrogen) atoms. The molecule has 1 N–H and O–H groups in total. The van der Waals surface area contributed by atoms with Gasteiger partial charge in [-0.15, -0.1) is 10.2 Å². The van der Waals surface area contributed by atoms with E-state index in [-0.39, 0.29) is 17.6 Å². The van der Waals surface area contributed by atoms with Gasteiger partial charge in [-0.1, -0.05) is 62.4 Å². The number of carbonyl (C=O) groups is 1. The molecular formula is C23H32N6OS.